The zero-order chi connectivity index (χ0) is 23.8. The molecule has 0 radical (unpaired) electrons. The Hall–Kier alpha value is -1.02. The minimum Gasteiger partial charge on any atom is -0.511 e. The Balaban J connectivity index is 2.01. The van der Waals surface area contributed by atoms with Crippen LogP contribution in [0.3, 0.4) is 0 Å². The molecule has 1 saturated heterocycles. The fourth-order valence-corrected chi connectivity index (χ4v) is 3.67. The molecule has 10 unspecified atom stereocenters. The van der Waals surface area contributed by atoms with E-state index >= 15 is 0 Å². The molecule has 1 aliphatic carbocycles. The van der Waals surface area contributed by atoms with Crippen molar-refractivity contribution in [3.63, 3.8) is 0 Å². The lowest BCUT2D eigenvalue weighted by Gasteiger charge is -2.45. The molecule has 32 heavy (non-hydrogen) atoms. The van der Waals surface area contributed by atoms with Gasteiger partial charge in [0.1, 0.15) is 30.2 Å². The van der Waals surface area contributed by atoms with Gasteiger partial charge in [-0.25, -0.2) is 0 Å². The largest absolute Gasteiger partial charge is 0.511 e. The topological polar surface area (TPSA) is 257 Å². The number of hydrogen-bond donors (Lipinski definition) is 12. The Morgan fingerprint density at radius 3 is 2.47 bits per heavy atom. The highest BCUT2D eigenvalue weighted by Gasteiger charge is 2.48. The highest BCUT2D eigenvalue weighted by atomic mass is 16.7. The van der Waals surface area contributed by atoms with Crippen molar-refractivity contribution < 1.29 is 50.3 Å². The van der Waals surface area contributed by atoms with Crippen LogP contribution in [0.4, 0.5) is 0 Å². The van der Waals surface area contributed by atoms with Gasteiger partial charge < -0.3 is 61.7 Å². The third-order valence-electron chi connectivity index (χ3n) is 5.59. The molecule has 2 aliphatic rings. The van der Waals surface area contributed by atoms with Crippen molar-refractivity contribution in [2.75, 3.05) is 19.8 Å². The summed E-state index contributed by atoms with van der Waals surface area (Å²) in [6.07, 6.45) is -5.58. The standard InChI is InChI=1S/C17H35N5O10/c18-9-3-10(22-29)16(32-17-13(25)12(19)11(24)6-31-17)14(26)15(9)30-5-7(21-28)1-2-8(23)4-20-27/h2,7,9-17,20-29H,1,3-6,18-19H2/b8-2-. The van der Waals surface area contributed by atoms with Crippen LogP contribution < -0.4 is 27.9 Å². The summed E-state index contributed by atoms with van der Waals surface area (Å²) in [5.41, 5.74) is 17.7. The van der Waals surface area contributed by atoms with E-state index in [1.54, 1.807) is 5.48 Å². The molecule has 2 fully saturated rings. The zero-order valence-electron chi connectivity index (χ0n) is 17.4. The number of nitrogens with two attached hydrogens (primary N) is 2. The second-order valence-corrected chi connectivity index (χ2v) is 7.95. The maximum Gasteiger partial charge on any atom is 0.185 e. The molecule has 15 heteroatoms. The van der Waals surface area contributed by atoms with Gasteiger partial charge in [-0.2, -0.15) is 16.4 Å². The average molecular weight is 469 g/mol. The third kappa shape index (κ3) is 6.99. The Morgan fingerprint density at radius 1 is 1.12 bits per heavy atom. The molecule has 0 aromatic heterocycles. The van der Waals surface area contributed by atoms with E-state index in [1.165, 1.54) is 6.08 Å². The van der Waals surface area contributed by atoms with E-state index in [-0.39, 0.29) is 38.4 Å². The van der Waals surface area contributed by atoms with Crippen LogP contribution in [0.15, 0.2) is 11.8 Å². The van der Waals surface area contributed by atoms with Crippen LogP contribution in [-0.4, -0.2) is 117 Å². The van der Waals surface area contributed by atoms with Gasteiger partial charge in [0.2, 0.25) is 0 Å². The van der Waals surface area contributed by atoms with Gasteiger partial charge in [-0.1, -0.05) is 0 Å². The van der Waals surface area contributed by atoms with E-state index in [9.17, 15) is 30.8 Å². The molecule has 14 N–H and O–H groups in total. The molecular weight excluding hydrogens is 434 g/mol. The van der Waals surface area contributed by atoms with Crippen molar-refractivity contribution in [3.8, 4) is 0 Å². The Labute approximate surface area is 184 Å². The average Bonchev–Trinajstić information content (AvgIpc) is 2.77. The predicted molar refractivity (Wildman–Crippen MR) is 105 cm³/mol. The smallest absolute Gasteiger partial charge is 0.185 e. The SMILES string of the molecule is NC1CC(NO)C(OC2OCC(O)C(N)C2O)C(O)C1OCC(C/C=C(\O)CNO)NO. The number of aliphatic hydroxyl groups is 4. The van der Waals surface area contributed by atoms with Gasteiger partial charge in [0.15, 0.2) is 6.29 Å². The van der Waals surface area contributed by atoms with Gasteiger partial charge in [-0.15, -0.1) is 0 Å². The summed E-state index contributed by atoms with van der Waals surface area (Å²) in [6.45, 7) is -0.472. The van der Waals surface area contributed by atoms with Crippen LogP contribution in [-0.2, 0) is 14.2 Å². The molecule has 0 aromatic rings. The summed E-state index contributed by atoms with van der Waals surface area (Å²) in [5, 5.41) is 67.6. The second kappa shape index (κ2) is 13.0. The van der Waals surface area contributed by atoms with Crippen molar-refractivity contribution in [2.24, 2.45) is 11.5 Å². The molecule has 0 aromatic carbocycles. The fourth-order valence-electron chi connectivity index (χ4n) is 3.67. The van der Waals surface area contributed by atoms with Crippen molar-refractivity contribution in [2.45, 2.75) is 73.8 Å². The Bertz CT molecular complexity index is 590. The number of aliphatic hydroxyl groups excluding tert-OH is 4. The van der Waals surface area contributed by atoms with Crippen molar-refractivity contribution >= 4 is 0 Å². The first-order valence-corrected chi connectivity index (χ1v) is 10.2. The van der Waals surface area contributed by atoms with Gasteiger partial charge >= 0.3 is 0 Å². The van der Waals surface area contributed by atoms with Gasteiger partial charge in [-0.05, 0) is 18.9 Å². The quantitative estimate of drug-likeness (QED) is 0.101. The maximum absolute atomic E-state index is 10.8. The molecule has 15 nitrogen and oxygen atoms in total. The first-order valence-electron chi connectivity index (χ1n) is 10.2. The van der Waals surface area contributed by atoms with Gasteiger partial charge in [0.05, 0.1) is 44.0 Å². The number of hydroxylamine groups is 3. The number of ether oxygens (including phenoxy) is 3. The molecule has 0 amide bonds. The summed E-state index contributed by atoms with van der Waals surface area (Å²) >= 11 is 0. The van der Waals surface area contributed by atoms with E-state index in [0.29, 0.717) is 0 Å². The lowest BCUT2D eigenvalue weighted by molar-refractivity contribution is -0.286. The van der Waals surface area contributed by atoms with Crippen molar-refractivity contribution in [3.05, 3.63) is 11.8 Å². The van der Waals surface area contributed by atoms with Crippen LogP contribution >= 0.6 is 0 Å². The maximum atomic E-state index is 10.8. The minimum absolute atomic E-state index is 0.119. The van der Waals surface area contributed by atoms with E-state index in [2.05, 4.69) is 0 Å². The van der Waals surface area contributed by atoms with E-state index in [4.69, 9.17) is 30.9 Å². The second-order valence-electron chi connectivity index (χ2n) is 7.95. The van der Waals surface area contributed by atoms with Crippen LogP contribution in [0.2, 0.25) is 0 Å². The normalized spacial score (nSPS) is 39.8. The van der Waals surface area contributed by atoms with Crippen LogP contribution in [0, 0.1) is 0 Å². The molecule has 0 bridgehead atoms. The minimum atomic E-state index is -1.38. The molecule has 1 heterocycles. The highest BCUT2D eigenvalue weighted by Crippen LogP contribution is 2.28. The number of rotatable bonds is 11. The van der Waals surface area contributed by atoms with E-state index in [1.807, 2.05) is 11.0 Å². The molecular formula is C17H35N5O10. The molecule has 2 rings (SSSR count). The molecule has 188 valence electrons. The van der Waals surface area contributed by atoms with E-state index < -0.39 is 61.0 Å². The Morgan fingerprint density at radius 2 is 1.84 bits per heavy atom. The first-order chi connectivity index (χ1) is 15.2. The van der Waals surface area contributed by atoms with Crippen LogP contribution in [0.1, 0.15) is 12.8 Å². The highest BCUT2D eigenvalue weighted by molar-refractivity contribution is 5.00. The van der Waals surface area contributed by atoms with Gasteiger partial charge in [0, 0.05) is 6.04 Å². The van der Waals surface area contributed by atoms with Gasteiger partial charge in [0.25, 0.3) is 0 Å². The summed E-state index contributed by atoms with van der Waals surface area (Å²) in [4.78, 5) is 0. The summed E-state index contributed by atoms with van der Waals surface area (Å²) < 4.78 is 16.7. The molecule has 0 spiro atoms. The zero-order valence-corrected chi connectivity index (χ0v) is 17.4. The summed E-state index contributed by atoms with van der Waals surface area (Å²) in [6, 6.07) is -3.24. The van der Waals surface area contributed by atoms with Gasteiger partial charge in [-0.3, -0.25) is 0 Å². The van der Waals surface area contributed by atoms with E-state index in [0.717, 1.165) is 0 Å². The fraction of sp³-hybridized carbons (Fsp3) is 0.882. The number of nitrogens with one attached hydrogen (secondary N) is 3. The summed E-state index contributed by atoms with van der Waals surface area (Å²) in [5.74, 6) is -0.151. The monoisotopic (exact) mass is 469 g/mol. The van der Waals surface area contributed by atoms with Crippen LogP contribution in [0.5, 0.6) is 0 Å². The summed E-state index contributed by atoms with van der Waals surface area (Å²) in [7, 11) is 0. The predicted octanol–water partition coefficient (Wildman–Crippen LogP) is -4.24. The molecule has 1 aliphatic heterocycles. The van der Waals surface area contributed by atoms with Crippen LogP contribution in [0.25, 0.3) is 0 Å². The van der Waals surface area contributed by atoms with Crippen molar-refractivity contribution in [1.82, 2.24) is 16.4 Å². The first kappa shape index (κ1) is 27.2. The third-order valence-corrected chi connectivity index (χ3v) is 5.59. The lowest BCUT2D eigenvalue weighted by Crippen LogP contribution is -2.66. The van der Waals surface area contributed by atoms with Crippen molar-refractivity contribution in [1.29, 1.82) is 0 Å². The lowest BCUT2D eigenvalue weighted by atomic mass is 9.84. The molecule has 1 saturated carbocycles. The number of hydrogen-bond acceptors (Lipinski definition) is 15. The molecule has 10 atom stereocenters. The Kier molecular flexibility index (Phi) is 11.1.